The van der Waals surface area contributed by atoms with Gasteiger partial charge in [0.05, 0.1) is 5.52 Å². The van der Waals surface area contributed by atoms with Gasteiger partial charge in [0.15, 0.2) is 0 Å². The van der Waals surface area contributed by atoms with Crippen LogP contribution >= 0.6 is 0 Å². The van der Waals surface area contributed by atoms with Crippen LogP contribution in [-0.2, 0) is 13.1 Å². The van der Waals surface area contributed by atoms with Gasteiger partial charge < -0.3 is 9.88 Å². The molecule has 2 aromatic rings. The maximum Gasteiger partial charge on any atom is 0.0525 e. The zero-order chi connectivity index (χ0) is 15.5. The average Bonchev–Trinajstić information content (AvgIpc) is 2.79. The van der Waals surface area contributed by atoms with Crippen LogP contribution in [0.2, 0.25) is 0 Å². The van der Waals surface area contributed by atoms with Gasteiger partial charge in [0.1, 0.15) is 0 Å². The van der Waals surface area contributed by atoms with Gasteiger partial charge in [0.2, 0.25) is 0 Å². The number of hydrogen-bond donors (Lipinski definition) is 1. The minimum atomic E-state index is 0.148. The summed E-state index contributed by atoms with van der Waals surface area (Å²) in [5, 5.41) is 4.97. The molecule has 1 heterocycles. The summed E-state index contributed by atoms with van der Waals surface area (Å²) >= 11 is 0. The molecule has 116 valence electrons. The van der Waals surface area contributed by atoms with Gasteiger partial charge >= 0.3 is 0 Å². The first-order valence-corrected chi connectivity index (χ1v) is 8.22. The van der Waals surface area contributed by atoms with Crippen LogP contribution in [-0.4, -0.2) is 10.1 Å². The summed E-state index contributed by atoms with van der Waals surface area (Å²) in [5.41, 5.74) is 2.95. The Hall–Kier alpha value is -1.28. The van der Waals surface area contributed by atoms with E-state index in [1.807, 2.05) is 0 Å². The molecule has 2 rings (SSSR count). The Balaban J connectivity index is 2.26. The molecule has 1 unspecified atom stereocenters. The lowest BCUT2D eigenvalue weighted by Crippen LogP contribution is -2.35. The molecule has 21 heavy (non-hydrogen) atoms. The molecule has 0 aliphatic rings. The molecule has 0 amide bonds. The van der Waals surface area contributed by atoms with Gasteiger partial charge in [-0.2, -0.15) is 0 Å². The van der Waals surface area contributed by atoms with Crippen molar-refractivity contribution >= 4 is 10.9 Å². The van der Waals surface area contributed by atoms with Gasteiger partial charge in [-0.05, 0) is 50.1 Å². The number of benzene rings is 1. The van der Waals surface area contributed by atoms with Crippen LogP contribution in [0.1, 0.15) is 53.0 Å². The van der Waals surface area contributed by atoms with Crippen molar-refractivity contribution in [3.63, 3.8) is 0 Å². The quantitative estimate of drug-likeness (QED) is 0.793. The van der Waals surface area contributed by atoms with Crippen molar-refractivity contribution in [1.82, 2.24) is 9.88 Å². The smallest absolute Gasteiger partial charge is 0.0525 e. The monoisotopic (exact) mass is 286 g/mol. The van der Waals surface area contributed by atoms with E-state index in [0.29, 0.717) is 0 Å². The summed E-state index contributed by atoms with van der Waals surface area (Å²) in [6.45, 7) is 13.3. The molecule has 0 saturated heterocycles. The van der Waals surface area contributed by atoms with Crippen molar-refractivity contribution in [1.29, 1.82) is 0 Å². The lowest BCUT2D eigenvalue weighted by Gasteiger charge is -2.21. The first-order valence-electron chi connectivity index (χ1n) is 8.22. The summed E-state index contributed by atoms with van der Waals surface area (Å²) in [5.74, 6) is 0.731. The van der Waals surface area contributed by atoms with Crippen LogP contribution in [0.3, 0.4) is 0 Å². The second-order valence-electron chi connectivity index (χ2n) is 7.32. The van der Waals surface area contributed by atoms with Gasteiger partial charge in [-0.15, -0.1) is 0 Å². The van der Waals surface area contributed by atoms with E-state index in [-0.39, 0.29) is 5.54 Å². The van der Waals surface area contributed by atoms with Gasteiger partial charge in [-0.1, -0.05) is 38.5 Å². The van der Waals surface area contributed by atoms with Crippen LogP contribution in [0.25, 0.3) is 10.9 Å². The fourth-order valence-corrected chi connectivity index (χ4v) is 2.92. The van der Waals surface area contributed by atoms with Crippen molar-refractivity contribution in [2.45, 2.75) is 66.1 Å². The van der Waals surface area contributed by atoms with E-state index in [1.54, 1.807) is 0 Å². The number of aromatic nitrogens is 1. The Morgan fingerprint density at radius 3 is 2.62 bits per heavy atom. The predicted molar refractivity (Wildman–Crippen MR) is 92.6 cm³/mol. The Morgan fingerprint density at radius 2 is 1.95 bits per heavy atom. The molecule has 0 aliphatic carbocycles. The van der Waals surface area contributed by atoms with Crippen LogP contribution in [0, 0.1) is 5.92 Å². The molecule has 1 aromatic heterocycles. The van der Waals surface area contributed by atoms with E-state index < -0.39 is 0 Å². The number of fused-ring (bicyclic) bond motifs is 1. The van der Waals surface area contributed by atoms with Crippen LogP contribution < -0.4 is 5.32 Å². The van der Waals surface area contributed by atoms with Crippen LogP contribution in [0.15, 0.2) is 30.5 Å². The highest BCUT2D eigenvalue weighted by atomic mass is 15.0. The molecular formula is C19H30N2. The molecule has 0 spiro atoms. The predicted octanol–water partition coefficient (Wildman–Crippen LogP) is 4.97. The molecule has 0 saturated carbocycles. The maximum atomic E-state index is 3.61. The highest BCUT2D eigenvalue weighted by molar-refractivity contribution is 5.83. The number of hydrogen-bond acceptors (Lipinski definition) is 1. The van der Waals surface area contributed by atoms with Gasteiger partial charge in [0, 0.05) is 24.8 Å². The third kappa shape index (κ3) is 4.34. The summed E-state index contributed by atoms with van der Waals surface area (Å²) in [6.07, 6.45) is 4.80. The molecule has 0 aliphatic heterocycles. The standard InChI is InChI=1S/C19H30N2/c1-6-8-15(2)14-21-12-11-16-9-7-10-17(18(16)21)13-20-19(3,4)5/h7,9-12,15,20H,6,8,13-14H2,1-5H3. The largest absolute Gasteiger partial charge is 0.347 e. The van der Waals surface area contributed by atoms with Gasteiger partial charge in [-0.25, -0.2) is 0 Å². The van der Waals surface area contributed by atoms with Crippen molar-refractivity contribution in [3.8, 4) is 0 Å². The molecule has 0 radical (unpaired) electrons. The van der Waals surface area contributed by atoms with Crippen LogP contribution in [0.4, 0.5) is 0 Å². The van der Waals surface area contributed by atoms with Gasteiger partial charge in [0.25, 0.3) is 0 Å². The zero-order valence-electron chi connectivity index (χ0n) is 14.2. The number of nitrogens with one attached hydrogen (secondary N) is 1. The van der Waals surface area contributed by atoms with Crippen molar-refractivity contribution in [3.05, 3.63) is 36.0 Å². The molecule has 0 bridgehead atoms. The fourth-order valence-electron chi connectivity index (χ4n) is 2.92. The molecule has 2 nitrogen and oxygen atoms in total. The summed E-state index contributed by atoms with van der Waals surface area (Å²) in [4.78, 5) is 0. The van der Waals surface area contributed by atoms with E-state index in [0.717, 1.165) is 19.0 Å². The third-order valence-electron chi connectivity index (χ3n) is 3.97. The SMILES string of the molecule is CCCC(C)Cn1ccc2cccc(CNC(C)(C)C)c21. The zero-order valence-corrected chi connectivity index (χ0v) is 14.2. The van der Waals surface area contributed by atoms with Crippen molar-refractivity contribution in [2.24, 2.45) is 5.92 Å². The first-order chi connectivity index (χ1) is 9.90. The van der Waals surface area contributed by atoms with E-state index >= 15 is 0 Å². The number of rotatable bonds is 6. The second-order valence-corrected chi connectivity index (χ2v) is 7.32. The lowest BCUT2D eigenvalue weighted by atomic mass is 10.1. The first kappa shape index (κ1) is 16.1. The molecule has 0 fully saturated rings. The third-order valence-corrected chi connectivity index (χ3v) is 3.97. The Kier molecular flexibility index (Phi) is 5.10. The normalized spacial score (nSPS) is 13.8. The Morgan fingerprint density at radius 1 is 1.19 bits per heavy atom. The van der Waals surface area contributed by atoms with E-state index in [1.165, 1.54) is 29.3 Å². The Labute approximate surface area is 129 Å². The Bertz CT molecular complexity index is 575. The fraction of sp³-hybridized carbons (Fsp3) is 0.579. The minimum absolute atomic E-state index is 0.148. The van der Waals surface area contributed by atoms with E-state index in [9.17, 15) is 0 Å². The molecule has 2 heteroatoms. The minimum Gasteiger partial charge on any atom is -0.347 e. The summed E-state index contributed by atoms with van der Waals surface area (Å²) in [6, 6.07) is 8.88. The summed E-state index contributed by atoms with van der Waals surface area (Å²) in [7, 11) is 0. The van der Waals surface area contributed by atoms with Crippen molar-refractivity contribution < 1.29 is 0 Å². The van der Waals surface area contributed by atoms with E-state index in [4.69, 9.17) is 0 Å². The number of nitrogens with zero attached hydrogens (tertiary/aromatic N) is 1. The maximum absolute atomic E-state index is 3.61. The molecule has 1 N–H and O–H groups in total. The van der Waals surface area contributed by atoms with Crippen molar-refractivity contribution in [2.75, 3.05) is 0 Å². The highest BCUT2D eigenvalue weighted by Gasteiger charge is 2.12. The lowest BCUT2D eigenvalue weighted by molar-refractivity contribution is 0.423. The van der Waals surface area contributed by atoms with Crippen LogP contribution in [0.5, 0.6) is 0 Å². The highest BCUT2D eigenvalue weighted by Crippen LogP contribution is 2.23. The molecule has 1 atom stereocenters. The second kappa shape index (κ2) is 6.65. The topological polar surface area (TPSA) is 17.0 Å². The molecule has 1 aromatic carbocycles. The average molecular weight is 286 g/mol. The molecular weight excluding hydrogens is 256 g/mol. The van der Waals surface area contributed by atoms with Gasteiger partial charge in [-0.3, -0.25) is 0 Å². The van der Waals surface area contributed by atoms with E-state index in [2.05, 4.69) is 75.0 Å². The number of para-hydroxylation sites is 1. The summed E-state index contributed by atoms with van der Waals surface area (Å²) < 4.78 is 2.44.